The van der Waals surface area contributed by atoms with E-state index in [0.717, 1.165) is 102 Å². The van der Waals surface area contributed by atoms with Crippen LogP contribution in [-0.2, 0) is 4.74 Å². The lowest BCUT2D eigenvalue weighted by molar-refractivity contribution is 0.122. The van der Waals surface area contributed by atoms with Crippen molar-refractivity contribution in [2.45, 2.75) is 38.1 Å². The maximum atomic E-state index is 10.9. The number of carbonyl (C=O) groups is 1. The van der Waals surface area contributed by atoms with Gasteiger partial charge in [-0.3, -0.25) is 4.90 Å². The molecule has 2 N–H and O–H groups in total. The molecule has 1 aromatic heterocycles. The van der Waals surface area contributed by atoms with Gasteiger partial charge in [0.2, 0.25) is 0 Å². The zero-order valence-electron chi connectivity index (χ0n) is 21.1. The highest BCUT2D eigenvalue weighted by Gasteiger charge is 2.25. The van der Waals surface area contributed by atoms with E-state index < -0.39 is 6.09 Å². The molecule has 0 spiro atoms. The lowest BCUT2D eigenvalue weighted by atomic mass is 9.84. The van der Waals surface area contributed by atoms with Gasteiger partial charge < -0.3 is 25.0 Å². The number of carboxylic acid groups (broad SMARTS) is 1. The molecular formula is C28H39N5O3. The van der Waals surface area contributed by atoms with Gasteiger partial charge in [-0.15, -0.1) is 0 Å². The van der Waals surface area contributed by atoms with Gasteiger partial charge in [-0.25, -0.2) is 9.78 Å². The van der Waals surface area contributed by atoms with Crippen LogP contribution in [0.25, 0.3) is 11.1 Å². The Balaban J connectivity index is 1.18. The molecule has 3 heterocycles. The van der Waals surface area contributed by atoms with Crippen molar-refractivity contribution in [1.29, 1.82) is 0 Å². The summed E-state index contributed by atoms with van der Waals surface area (Å²) in [6.45, 7) is 8.49. The van der Waals surface area contributed by atoms with Crippen LogP contribution in [0, 0.1) is 5.92 Å². The van der Waals surface area contributed by atoms with Gasteiger partial charge in [0.15, 0.2) is 0 Å². The van der Waals surface area contributed by atoms with Crippen LogP contribution in [0.4, 0.5) is 16.4 Å². The predicted octanol–water partition coefficient (Wildman–Crippen LogP) is 3.92. The molecule has 5 rings (SSSR count). The van der Waals surface area contributed by atoms with Crippen LogP contribution in [0.1, 0.15) is 32.1 Å². The summed E-state index contributed by atoms with van der Waals surface area (Å²) in [5.41, 5.74) is 2.44. The predicted molar refractivity (Wildman–Crippen MR) is 143 cm³/mol. The number of nitrogens with zero attached hydrogens (tertiary/aromatic N) is 4. The van der Waals surface area contributed by atoms with Crippen molar-refractivity contribution in [1.82, 2.24) is 15.2 Å². The quantitative estimate of drug-likeness (QED) is 0.605. The first kappa shape index (κ1) is 24.8. The molecule has 0 atom stereocenters. The van der Waals surface area contributed by atoms with Crippen LogP contribution in [0.15, 0.2) is 42.5 Å². The number of anilines is 2. The second kappa shape index (κ2) is 11.9. The molecule has 1 amide bonds. The fraction of sp³-hybridized carbons (Fsp3) is 0.571. The lowest BCUT2D eigenvalue weighted by Gasteiger charge is -2.37. The highest BCUT2D eigenvalue weighted by Crippen LogP contribution is 2.30. The van der Waals surface area contributed by atoms with Crippen LogP contribution in [0.3, 0.4) is 0 Å². The number of ether oxygens (including phenoxy) is 1. The number of benzene rings is 1. The Morgan fingerprint density at radius 1 is 0.889 bits per heavy atom. The van der Waals surface area contributed by atoms with E-state index in [-0.39, 0.29) is 6.04 Å². The molecule has 0 bridgehead atoms. The van der Waals surface area contributed by atoms with Crippen molar-refractivity contribution < 1.29 is 14.6 Å². The Hall–Kier alpha value is -2.84. The Labute approximate surface area is 214 Å². The van der Waals surface area contributed by atoms with Crippen molar-refractivity contribution in [3.63, 3.8) is 0 Å². The van der Waals surface area contributed by atoms with Gasteiger partial charge in [-0.1, -0.05) is 30.3 Å². The topological polar surface area (TPSA) is 81.2 Å². The number of pyridine rings is 1. The van der Waals surface area contributed by atoms with Gasteiger partial charge in [0, 0.05) is 45.3 Å². The summed E-state index contributed by atoms with van der Waals surface area (Å²) in [6.07, 6.45) is 4.52. The first-order valence-corrected chi connectivity index (χ1v) is 13.5. The van der Waals surface area contributed by atoms with Crippen molar-refractivity contribution in [3.8, 4) is 11.1 Å². The summed E-state index contributed by atoms with van der Waals surface area (Å²) < 4.78 is 5.57. The molecular weight excluding hydrogens is 454 g/mol. The number of morpholine rings is 1. The fourth-order valence-corrected chi connectivity index (χ4v) is 5.75. The molecule has 0 unspecified atom stereocenters. The zero-order chi connectivity index (χ0) is 24.7. The SMILES string of the molecule is O=C(O)NC1CCC(CCN2CCN(c3cc(-c4ccccc4)cc(N4CCOCC4)n3)CC2)CC1. The van der Waals surface area contributed by atoms with E-state index in [4.69, 9.17) is 14.8 Å². The van der Waals surface area contributed by atoms with E-state index in [1.54, 1.807) is 0 Å². The number of amides is 1. The van der Waals surface area contributed by atoms with Gasteiger partial charge in [0.25, 0.3) is 0 Å². The zero-order valence-corrected chi connectivity index (χ0v) is 21.1. The standard InChI is InChI=1S/C28H39N5O3/c34-28(35)29-25-8-6-22(7-9-25)10-11-31-12-14-32(15-13-31)26-20-24(23-4-2-1-3-5-23)21-27(30-26)33-16-18-36-19-17-33/h1-5,20-22,25,29H,6-19H2,(H,34,35). The smallest absolute Gasteiger partial charge is 0.404 e. The maximum absolute atomic E-state index is 10.9. The molecule has 8 heteroatoms. The van der Waals surface area contributed by atoms with E-state index >= 15 is 0 Å². The number of hydrogen-bond acceptors (Lipinski definition) is 6. The van der Waals surface area contributed by atoms with Crippen LogP contribution in [0.2, 0.25) is 0 Å². The highest BCUT2D eigenvalue weighted by atomic mass is 16.5. The van der Waals surface area contributed by atoms with Gasteiger partial charge in [-0.2, -0.15) is 0 Å². The Morgan fingerprint density at radius 3 is 2.17 bits per heavy atom. The van der Waals surface area contributed by atoms with Gasteiger partial charge >= 0.3 is 6.09 Å². The van der Waals surface area contributed by atoms with Gasteiger partial charge in [-0.05, 0) is 67.8 Å². The first-order valence-electron chi connectivity index (χ1n) is 13.5. The summed E-state index contributed by atoms with van der Waals surface area (Å²) in [6, 6.07) is 15.2. The molecule has 194 valence electrons. The van der Waals surface area contributed by atoms with E-state index in [1.165, 1.54) is 17.5 Å². The minimum atomic E-state index is -0.891. The van der Waals surface area contributed by atoms with Crippen LogP contribution < -0.4 is 15.1 Å². The average molecular weight is 494 g/mol. The van der Waals surface area contributed by atoms with Gasteiger partial charge in [0.05, 0.1) is 13.2 Å². The number of hydrogen-bond donors (Lipinski definition) is 2. The molecule has 1 aromatic carbocycles. The van der Waals surface area contributed by atoms with Gasteiger partial charge in [0.1, 0.15) is 11.6 Å². The van der Waals surface area contributed by atoms with Crippen LogP contribution in [-0.4, -0.2) is 86.2 Å². The number of aromatic nitrogens is 1. The van der Waals surface area contributed by atoms with Crippen LogP contribution >= 0.6 is 0 Å². The lowest BCUT2D eigenvalue weighted by Crippen LogP contribution is -2.47. The number of piperazine rings is 1. The van der Waals surface area contributed by atoms with E-state index in [1.807, 2.05) is 0 Å². The molecule has 2 saturated heterocycles. The third-order valence-electron chi connectivity index (χ3n) is 7.96. The maximum Gasteiger partial charge on any atom is 0.404 e. The van der Waals surface area contributed by atoms with Crippen molar-refractivity contribution in [2.75, 3.05) is 68.8 Å². The van der Waals surface area contributed by atoms with E-state index in [9.17, 15) is 4.79 Å². The normalized spacial score (nSPS) is 23.4. The molecule has 8 nitrogen and oxygen atoms in total. The Kier molecular flexibility index (Phi) is 8.23. The molecule has 3 fully saturated rings. The third kappa shape index (κ3) is 6.48. The highest BCUT2D eigenvalue weighted by molar-refractivity contribution is 5.71. The largest absolute Gasteiger partial charge is 0.465 e. The second-order valence-electron chi connectivity index (χ2n) is 10.3. The summed E-state index contributed by atoms with van der Waals surface area (Å²) in [7, 11) is 0. The molecule has 36 heavy (non-hydrogen) atoms. The van der Waals surface area contributed by atoms with Crippen molar-refractivity contribution in [3.05, 3.63) is 42.5 Å². The number of rotatable bonds is 7. The molecule has 1 saturated carbocycles. The minimum Gasteiger partial charge on any atom is -0.465 e. The summed E-state index contributed by atoms with van der Waals surface area (Å²) >= 11 is 0. The molecule has 1 aliphatic carbocycles. The Bertz CT molecular complexity index is 982. The fourth-order valence-electron chi connectivity index (χ4n) is 5.75. The second-order valence-corrected chi connectivity index (χ2v) is 10.3. The van der Waals surface area contributed by atoms with Crippen LogP contribution in [0.5, 0.6) is 0 Å². The summed E-state index contributed by atoms with van der Waals surface area (Å²) in [5.74, 6) is 2.84. The molecule has 2 aromatic rings. The summed E-state index contributed by atoms with van der Waals surface area (Å²) in [4.78, 5) is 23.3. The van der Waals surface area contributed by atoms with E-state index in [2.05, 4.69) is 62.5 Å². The Morgan fingerprint density at radius 2 is 1.53 bits per heavy atom. The number of nitrogens with one attached hydrogen (secondary N) is 1. The van der Waals surface area contributed by atoms with Crippen molar-refractivity contribution >= 4 is 17.7 Å². The third-order valence-corrected chi connectivity index (χ3v) is 7.96. The molecule has 3 aliphatic rings. The van der Waals surface area contributed by atoms with E-state index in [0.29, 0.717) is 0 Å². The minimum absolute atomic E-state index is 0.142. The first-order chi connectivity index (χ1) is 17.6. The molecule has 0 radical (unpaired) electrons. The average Bonchev–Trinajstić information content (AvgIpc) is 2.93. The summed E-state index contributed by atoms with van der Waals surface area (Å²) in [5, 5.41) is 11.6. The van der Waals surface area contributed by atoms with Crippen molar-refractivity contribution in [2.24, 2.45) is 5.92 Å². The molecule has 2 aliphatic heterocycles. The monoisotopic (exact) mass is 493 g/mol.